The third kappa shape index (κ3) is 4.42. The Morgan fingerprint density at radius 2 is 1.22 bits per heavy atom. The van der Waals surface area contributed by atoms with Gasteiger partial charge in [-0.15, -0.1) is 6.58 Å². The molecule has 1 nitrogen and oxygen atoms in total. The number of allylic oxidation sites excluding steroid dienone is 1. The Morgan fingerprint density at radius 1 is 0.778 bits per heavy atom. The monoisotopic (exact) mass is 249 g/mol. The normalized spacial score (nSPS) is 37.4. The lowest BCUT2D eigenvalue weighted by atomic mass is 9.76. The molecule has 0 atom stereocenters. The summed E-state index contributed by atoms with van der Waals surface area (Å²) in [5.74, 6) is 2.98. The topological polar surface area (TPSA) is 26.0 Å². The van der Waals surface area contributed by atoms with Crippen LogP contribution >= 0.6 is 0 Å². The molecule has 0 aromatic carbocycles. The van der Waals surface area contributed by atoms with Crippen LogP contribution in [0.5, 0.6) is 0 Å². The van der Waals surface area contributed by atoms with Gasteiger partial charge in [-0.1, -0.05) is 31.8 Å². The van der Waals surface area contributed by atoms with Gasteiger partial charge in [0.25, 0.3) is 0 Å². The summed E-state index contributed by atoms with van der Waals surface area (Å²) in [7, 11) is 0. The molecule has 2 aliphatic carbocycles. The summed E-state index contributed by atoms with van der Waals surface area (Å²) in [6.07, 6.45) is 17.5. The van der Waals surface area contributed by atoms with Crippen molar-refractivity contribution >= 4 is 0 Å². The van der Waals surface area contributed by atoms with Crippen LogP contribution in [0.1, 0.15) is 70.6 Å². The quantitative estimate of drug-likeness (QED) is 0.704. The Bertz CT molecular complexity index is 232. The average molecular weight is 249 g/mol. The minimum absolute atomic E-state index is 0.510. The minimum atomic E-state index is 0.510. The van der Waals surface area contributed by atoms with Crippen molar-refractivity contribution in [3.63, 3.8) is 0 Å². The fourth-order valence-corrected chi connectivity index (χ4v) is 3.94. The Balaban J connectivity index is 1.59. The largest absolute Gasteiger partial charge is 0.328 e. The van der Waals surface area contributed by atoms with E-state index in [2.05, 4.69) is 12.7 Å². The molecule has 2 aliphatic rings. The highest BCUT2D eigenvalue weighted by Gasteiger charge is 2.23. The molecule has 2 fully saturated rings. The van der Waals surface area contributed by atoms with E-state index in [4.69, 9.17) is 5.73 Å². The molecule has 0 aromatic heterocycles. The second-order valence-corrected chi connectivity index (χ2v) is 6.77. The van der Waals surface area contributed by atoms with Gasteiger partial charge in [0, 0.05) is 6.04 Å². The molecule has 18 heavy (non-hydrogen) atoms. The van der Waals surface area contributed by atoms with Crippen LogP contribution < -0.4 is 5.73 Å². The Kier molecular flexibility index (Phi) is 5.75. The lowest BCUT2D eigenvalue weighted by Gasteiger charge is -2.31. The summed E-state index contributed by atoms with van der Waals surface area (Å²) in [6, 6.07) is 0.510. The SMILES string of the molecule is C=CCC1CCC(CCC2CCC(N)CC2)CC1. The smallest absolute Gasteiger partial charge is 0.00390 e. The fourth-order valence-electron chi connectivity index (χ4n) is 3.94. The molecule has 0 heterocycles. The maximum absolute atomic E-state index is 5.97. The zero-order valence-corrected chi connectivity index (χ0v) is 11.9. The summed E-state index contributed by atoms with van der Waals surface area (Å²) >= 11 is 0. The minimum Gasteiger partial charge on any atom is -0.328 e. The van der Waals surface area contributed by atoms with E-state index >= 15 is 0 Å². The molecular weight excluding hydrogens is 218 g/mol. The van der Waals surface area contributed by atoms with Crippen molar-refractivity contribution in [2.75, 3.05) is 0 Å². The Hall–Kier alpha value is -0.300. The van der Waals surface area contributed by atoms with Crippen molar-refractivity contribution in [3.8, 4) is 0 Å². The Labute approximate surface area is 113 Å². The molecule has 2 saturated carbocycles. The van der Waals surface area contributed by atoms with E-state index in [0.717, 1.165) is 17.8 Å². The van der Waals surface area contributed by atoms with Crippen LogP contribution in [-0.2, 0) is 0 Å². The van der Waals surface area contributed by atoms with Crippen LogP contribution in [0.2, 0.25) is 0 Å². The molecule has 0 radical (unpaired) electrons. The first kappa shape index (κ1) is 14.1. The number of hydrogen-bond acceptors (Lipinski definition) is 1. The summed E-state index contributed by atoms with van der Waals surface area (Å²) in [6.45, 7) is 3.87. The van der Waals surface area contributed by atoms with E-state index in [1.165, 1.54) is 70.6 Å². The lowest BCUT2D eigenvalue weighted by molar-refractivity contribution is 0.231. The van der Waals surface area contributed by atoms with Gasteiger partial charge in [0.05, 0.1) is 0 Å². The predicted octanol–water partition coefficient (Wildman–Crippen LogP) is 4.67. The van der Waals surface area contributed by atoms with Gasteiger partial charge in [0.1, 0.15) is 0 Å². The van der Waals surface area contributed by atoms with Gasteiger partial charge >= 0.3 is 0 Å². The molecule has 0 spiro atoms. The van der Waals surface area contributed by atoms with E-state index in [9.17, 15) is 0 Å². The molecule has 0 unspecified atom stereocenters. The summed E-state index contributed by atoms with van der Waals surface area (Å²) in [4.78, 5) is 0. The van der Waals surface area contributed by atoms with E-state index in [1.807, 2.05) is 0 Å². The summed E-state index contributed by atoms with van der Waals surface area (Å²) in [5, 5.41) is 0. The zero-order chi connectivity index (χ0) is 12.8. The second kappa shape index (κ2) is 7.33. The van der Waals surface area contributed by atoms with Crippen molar-refractivity contribution in [2.24, 2.45) is 23.5 Å². The summed E-state index contributed by atoms with van der Waals surface area (Å²) < 4.78 is 0. The van der Waals surface area contributed by atoms with Gasteiger partial charge < -0.3 is 5.73 Å². The van der Waals surface area contributed by atoms with Gasteiger partial charge in [-0.05, 0) is 62.7 Å². The highest BCUT2D eigenvalue weighted by atomic mass is 14.6. The van der Waals surface area contributed by atoms with E-state index in [1.54, 1.807) is 0 Å². The number of rotatable bonds is 5. The van der Waals surface area contributed by atoms with Crippen LogP contribution in [0.3, 0.4) is 0 Å². The molecule has 0 aliphatic heterocycles. The van der Waals surface area contributed by atoms with Crippen LogP contribution in [0.15, 0.2) is 12.7 Å². The highest BCUT2D eigenvalue weighted by Crippen LogP contribution is 2.36. The molecule has 2 N–H and O–H groups in total. The van der Waals surface area contributed by atoms with Crippen LogP contribution in [0.4, 0.5) is 0 Å². The van der Waals surface area contributed by atoms with E-state index in [-0.39, 0.29) is 0 Å². The van der Waals surface area contributed by atoms with Gasteiger partial charge in [-0.2, -0.15) is 0 Å². The molecule has 0 bridgehead atoms. The van der Waals surface area contributed by atoms with Gasteiger partial charge in [0.15, 0.2) is 0 Å². The molecule has 2 rings (SSSR count). The van der Waals surface area contributed by atoms with Crippen molar-refractivity contribution in [1.82, 2.24) is 0 Å². The van der Waals surface area contributed by atoms with Gasteiger partial charge in [-0.3, -0.25) is 0 Å². The van der Waals surface area contributed by atoms with Crippen molar-refractivity contribution in [2.45, 2.75) is 76.7 Å². The van der Waals surface area contributed by atoms with Crippen molar-refractivity contribution in [1.29, 1.82) is 0 Å². The third-order valence-corrected chi connectivity index (χ3v) is 5.34. The average Bonchev–Trinajstić information content (AvgIpc) is 2.40. The van der Waals surface area contributed by atoms with Gasteiger partial charge in [0.2, 0.25) is 0 Å². The maximum Gasteiger partial charge on any atom is 0.00390 e. The molecule has 0 amide bonds. The number of nitrogens with two attached hydrogens (primary N) is 1. The molecule has 104 valence electrons. The van der Waals surface area contributed by atoms with Gasteiger partial charge in [-0.25, -0.2) is 0 Å². The molecule has 0 saturated heterocycles. The Morgan fingerprint density at radius 3 is 1.72 bits per heavy atom. The summed E-state index contributed by atoms with van der Waals surface area (Å²) in [5.41, 5.74) is 5.97. The van der Waals surface area contributed by atoms with E-state index in [0.29, 0.717) is 6.04 Å². The second-order valence-electron chi connectivity index (χ2n) is 6.77. The van der Waals surface area contributed by atoms with E-state index < -0.39 is 0 Å². The third-order valence-electron chi connectivity index (χ3n) is 5.34. The first-order valence-electron chi connectivity index (χ1n) is 8.14. The van der Waals surface area contributed by atoms with Crippen molar-refractivity contribution in [3.05, 3.63) is 12.7 Å². The highest BCUT2D eigenvalue weighted by molar-refractivity contribution is 4.80. The van der Waals surface area contributed by atoms with Crippen LogP contribution in [0.25, 0.3) is 0 Å². The standard InChI is InChI=1S/C17H31N/c1-2-3-14-4-6-15(7-5-14)8-9-16-10-12-17(18)13-11-16/h2,14-17H,1,3-13,18H2. The first-order chi connectivity index (χ1) is 8.78. The molecular formula is C17H31N. The van der Waals surface area contributed by atoms with Crippen LogP contribution in [0, 0.1) is 17.8 Å². The fraction of sp³-hybridized carbons (Fsp3) is 0.882. The van der Waals surface area contributed by atoms with Crippen molar-refractivity contribution < 1.29 is 0 Å². The molecule has 0 aromatic rings. The number of hydrogen-bond donors (Lipinski definition) is 1. The molecule has 1 heteroatoms. The predicted molar refractivity (Wildman–Crippen MR) is 79.4 cm³/mol. The lowest BCUT2D eigenvalue weighted by Crippen LogP contribution is -2.26. The maximum atomic E-state index is 5.97. The zero-order valence-electron chi connectivity index (χ0n) is 11.9. The first-order valence-corrected chi connectivity index (χ1v) is 8.14. The van der Waals surface area contributed by atoms with Crippen LogP contribution in [-0.4, -0.2) is 6.04 Å².